The number of aliphatic carboxylic acids is 1. The number of hydrogen-bond donors (Lipinski definition) is 2. The van der Waals surface area contributed by atoms with Crippen LogP contribution in [0.3, 0.4) is 0 Å². The smallest absolute Gasteiger partial charge is 0.303 e. The molecule has 1 aromatic heterocycles. The third kappa shape index (κ3) is 1.71. The van der Waals surface area contributed by atoms with Gasteiger partial charge < -0.3 is 5.11 Å². The van der Waals surface area contributed by atoms with E-state index in [1.165, 1.54) is 0 Å². The molecule has 2 aromatic rings. The van der Waals surface area contributed by atoms with E-state index in [2.05, 4.69) is 15.4 Å². The van der Waals surface area contributed by atoms with Crippen LogP contribution >= 0.6 is 0 Å². The average Bonchev–Trinajstić information content (AvgIpc) is 2.61. The van der Waals surface area contributed by atoms with Crippen molar-refractivity contribution in [3.63, 3.8) is 0 Å². The van der Waals surface area contributed by atoms with Crippen LogP contribution < -0.4 is 0 Å². The summed E-state index contributed by atoms with van der Waals surface area (Å²) in [6.45, 7) is 0. The number of carboxylic acid groups (broad SMARTS) is 1. The second-order valence-corrected chi connectivity index (χ2v) is 3.04. The molecule has 2 rings (SSSR count). The number of aromatic amines is 1. The molecule has 5 nitrogen and oxygen atoms in total. The predicted octanol–water partition coefficient (Wildman–Crippen LogP) is 0.975. The van der Waals surface area contributed by atoms with Crippen molar-refractivity contribution >= 4 is 17.0 Å². The molecule has 0 aliphatic heterocycles. The Kier molecular flexibility index (Phi) is 2.14. The summed E-state index contributed by atoms with van der Waals surface area (Å²) in [6, 6.07) is 5.55. The topological polar surface area (TPSA) is 78.9 Å². The lowest BCUT2D eigenvalue weighted by Crippen LogP contribution is -1.97. The zero-order valence-electron chi connectivity index (χ0n) is 7.40. The van der Waals surface area contributed by atoms with Crippen molar-refractivity contribution in [1.82, 2.24) is 15.4 Å². The predicted molar refractivity (Wildman–Crippen MR) is 49.8 cm³/mol. The van der Waals surface area contributed by atoms with Crippen molar-refractivity contribution in [3.05, 3.63) is 23.8 Å². The van der Waals surface area contributed by atoms with Gasteiger partial charge in [-0.2, -0.15) is 15.4 Å². The van der Waals surface area contributed by atoms with Crippen molar-refractivity contribution < 1.29 is 9.90 Å². The number of rotatable bonds is 3. The number of aryl methyl sites for hydroxylation is 1. The molecule has 0 saturated heterocycles. The molecular formula is C9H9N3O2. The average molecular weight is 191 g/mol. The van der Waals surface area contributed by atoms with E-state index < -0.39 is 5.97 Å². The van der Waals surface area contributed by atoms with Gasteiger partial charge in [0.05, 0.1) is 0 Å². The largest absolute Gasteiger partial charge is 0.481 e. The van der Waals surface area contributed by atoms with E-state index in [0.717, 1.165) is 16.6 Å². The van der Waals surface area contributed by atoms with Gasteiger partial charge in [0.2, 0.25) is 0 Å². The number of carbonyl (C=O) groups is 1. The Labute approximate surface area is 79.7 Å². The van der Waals surface area contributed by atoms with Gasteiger partial charge in [-0.05, 0) is 24.1 Å². The van der Waals surface area contributed by atoms with E-state index in [1.807, 2.05) is 18.2 Å². The molecule has 0 unspecified atom stereocenters. The highest BCUT2D eigenvalue weighted by Crippen LogP contribution is 2.11. The third-order valence-corrected chi connectivity index (χ3v) is 2.01. The van der Waals surface area contributed by atoms with Crippen molar-refractivity contribution in [2.75, 3.05) is 0 Å². The molecule has 1 heterocycles. The highest BCUT2D eigenvalue weighted by molar-refractivity contribution is 5.74. The minimum Gasteiger partial charge on any atom is -0.481 e. The zero-order valence-corrected chi connectivity index (χ0v) is 7.40. The van der Waals surface area contributed by atoms with Crippen LogP contribution in [0.25, 0.3) is 11.0 Å². The minimum absolute atomic E-state index is 0.142. The van der Waals surface area contributed by atoms with Gasteiger partial charge >= 0.3 is 5.97 Å². The van der Waals surface area contributed by atoms with E-state index in [9.17, 15) is 4.79 Å². The molecule has 0 atom stereocenters. The van der Waals surface area contributed by atoms with Gasteiger partial charge in [0.15, 0.2) is 0 Å². The molecule has 1 aromatic carbocycles. The molecule has 0 amide bonds. The maximum absolute atomic E-state index is 10.4. The number of nitrogens with one attached hydrogen (secondary N) is 1. The van der Waals surface area contributed by atoms with Crippen molar-refractivity contribution in [1.29, 1.82) is 0 Å². The fourth-order valence-electron chi connectivity index (χ4n) is 1.29. The molecular weight excluding hydrogens is 182 g/mol. The minimum atomic E-state index is -0.787. The lowest BCUT2D eigenvalue weighted by Gasteiger charge is -1.96. The fraction of sp³-hybridized carbons (Fsp3) is 0.222. The number of H-pyrrole nitrogens is 1. The molecule has 0 bridgehead atoms. The van der Waals surface area contributed by atoms with Crippen LogP contribution in [0, 0.1) is 0 Å². The number of aromatic nitrogens is 3. The van der Waals surface area contributed by atoms with Gasteiger partial charge in [0.1, 0.15) is 11.0 Å². The molecule has 0 aliphatic carbocycles. The summed E-state index contributed by atoms with van der Waals surface area (Å²) in [4.78, 5) is 10.4. The second kappa shape index (κ2) is 3.45. The van der Waals surface area contributed by atoms with Crippen LogP contribution in [-0.4, -0.2) is 26.5 Å². The number of nitrogens with zero attached hydrogens (tertiary/aromatic N) is 2. The van der Waals surface area contributed by atoms with E-state index in [-0.39, 0.29) is 6.42 Å². The molecule has 14 heavy (non-hydrogen) atoms. The lowest BCUT2D eigenvalue weighted by atomic mass is 10.1. The van der Waals surface area contributed by atoms with Gasteiger partial charge in [0.25, 0.3) is 0 Å². The molecule has 5 heteroatoms. The summed E-state index contributed by atoms with van der Waals surface area (Å²) in [7, 11) is 0. The second-order valence-electron chi connectivity index (χ2n) is 3.04. The number of carboxylic acids is 1. The SMILES string of the molecule is O=C(O)CCc1ccc2n[nH]nc2c1. The molecule has 0 radical (unpaired) electrons. The van der Waals surface area contributed by atoms with E-state index in [4.69, 9.17) is 5.11 Å². The van der Waals surface area contributed by atoms with Gasteiger partial charge in [-0.25, -0.2) is 0 Å². The van der Waals surface area contributed by atoms with Crippen LogP contribution in [0.2, 0.25) is 0 Å². The zero-order chi connectivity index (χ0) is 9.97. The molecule has 2 N–H and O–H groups in total. The van der Waals surface area contributed by atoms with Crippen LogP contribution in [0.1, 0.15) is 12.0 Å². The van der Waals surface area contributed by atoms with Crippen molar-refractivity contribution in [3.8, 4) is 0 Å². The first-order chi connectivity index (χ1) is 6.75. The number of hydrogen-bond acceptors (Lipinski definition) is 3. The van der Waals surface area contributed by atoms with Crippen LogP contribution in [0.15, 0.2) is 18.2 Å². The Bertz CT molecular complexity index is 464. The maximum atomic E-state index is 10.4. The van der Waals surface area contributed by atoms with Crippen molar-refractivity contribution in [2.24, 2.45) is 0 Å². The Morgan fingerprint density at radius 3 is 2.93 bits per heavy atom. The van der Waals surface area contributed by atoms with Gasteiger partial charge in [-0.3, -0.25) is 4.79 Å². The molecule has 0 aliphatic rings. The quantitative estimate of drug-likeness (QED) is 0.757. The lowest BCUT2D eigenvalue weighted by molar-refractivity contribution is -0.136. The third-order valence-electron chi connectivity index (χ3n) is 2.01. The molecule has 0 saturated carbocycles. The van der Waals surface area contributed by atoms with E-state index >= 15 is 0 Å². The monoisotopic (exact) mass is 191 g/mol. The standard InChI is InChI=1S/C9H9N3O2/c13-9(14)4-2-6-1-3-7-8(5-6)11-12-10-7/h1,3,5H,2,4H2,(H,13,14)(H,10,11,12). The van der Waals surface area contributed by atoms with Crippen LogP contribution in [0.5, 0.6) is 0 Å². The van der Waals surface area contributed by atoms with Crippen molar-refractivity contribution in [2.45, 2.75) is 12.8 Å². The normalized spacial score (nSPS) is 10.6. The first kappa shape index (κ1) is 8.68. The summed E-state index contributed by atoms with van der Waals surface area (Å²) in [5.74, 6) is -0.787. The first-order valence-electron chi connectivity index (χ1n) is 4.27. The maximum Gasteiger partial charge on any atom is 0.303 e. The van der Waals surface area contributed by atoms with Gasteiger partial charge in [-0.15, -0.1) is 0 Å². The summed E-state index contributed by atoms with van der Waals surface area (Å²) >= 11 is 0. The molecule has 72 valence electrons. The Balaban J connectivity index is 2.21. The summed E-state index contributed by atoms with van der Waals surface area (Å²) < 4.78 is 0. The Morgan fingerprint density at radius 1 is 1.36 bits per heavy atom. The first-order valence-corrected chi connectivity index (χ1v) is 4.27. The van der Waals surface area contributed by atoms with Crippen LogP contribution in [-0.2, 0) is 11.2 Å². The van der Waals surface area contributed by atoms with E-state index in [0.29, 0.717) is 6.42 Å². The molecule has 0 fully saturated rings. The fourth-order valence-corrected chi connectivity index (χ4v) is 1.29. The van der Waals surface area contributed by atoms with E-state index in [1.54, 1.807) is 0 Å². The Morgan fingerprint density at radius 2 is 2.14 bits per heavy atom. The van der Waals surface area contributed by atoms with Gasteiger partial charge in [-0.1, -0.05) is 6.07 Å². The highest BCUT2D eigenvalue weighted by atomic mass is 16.4. The number of benzene rings is 1. The summed E-state index contributed by atoms with van der Waals surface area (Å²) in [5, 5.41) is 18.9. The summed E-state index contributed by atoms with van der Waals surface area (Å²) in [6.07, 6.45) is 0.668. The highest BCUT2D eigenvalue weighted by Gasteiger charge is 2.02. The molecule has 0 spiro atoms. The summed E-state index contributed by atoms with van der Waals surface area (Å²) in [5.41, 5.74) is 2.53. The van der Waals surface area contributed by atoms with Gasteiger partial charge in [0, 0.05) is 6.42 Å². The number of fused-ring (bicyclic) bond motifs is 1. The van der Waals surface area contributed by atoms with Crippen LogP contribution in [0.4, 0.5) is 0 Å². The Hall–Kier alpha value is -1.91.